The third-order valence-corrected chi connectivity index (χ3v) is 5.08. The first kappa shape index (κ1) is 17.5. The predicted octanol–water partition coefficient (Wildman–Crippen LogP) is 5.18. The van der Waals surface area contributed by atoms with Crippen LogP contribution in [0.25, 0.3) is 22.1 Å². The summed E-state index contributed by atoms with van der Waals surface area (Å²) in [7, 11) is 0. The molecule has 1 aliphatic heterocycles. The molecule has 5 rings (SSSR count). The number of aromatic nitrogens is 1. The molecule has 0 fully saturated rings. The zero-order valence-corrected chi connectivity index (χ0v) is 15.9. The molecule has 1 unspecified atom stereocenters. The Morgan fingerprint density at radius 1 is 1.07 bits per heavy atom. The number of benzene rings is 3. The fourth-order valence-corrected chi connectivity index (χ4v) is 3.63. The molecule has 0 bridgehead atoms. The SMILES string of the molecule is CC1Cc2cc(-c3cc(COC(=O)c4ccc5ccccc5c4)no3)ccc2O1. The number of esters is 1. The fraction of sp³-hybridized carbons (Fsp3) is 0.167. The van der Waals surface area contributed by atoms with Crippen molar-refractivity contribution >= 4 is 16.7 Å². The lowest BCUT2D eigenvalue weighted by Gasteiger charge is -2.04. The van der Waals surface area contributed by atoms with Crippen molar-refractivity contribution in [3.63, 3.8) is 0 Å². The summed E-state index contributed by atoms with van der Waals surface area (Å²) >= 11 is 0. The first-order valence-corrected chi connectivity index (χ1v) is 9.57. The van der Waals surface area contributed by atoms with Crippen molar-refractivity contribution in [1.82, 2.24) is 5.16 Å². The van der Waals surface area contributed by atoms with Gasteiger partial charge in [0.25, 0.3) is 0 Å². The highest BCUT2D eigenvalue weighted by atomic mass is 16.5. The van der Waals surface area contributed by atoms with Gasteiger partial charge in [0.15, 0.2) is 5.76 Å². The summed E-state index contributed by atoms with van der Waals surface area (Å²) in [6, 6.07) is 21.2. The number of rotatable bonds is 4. The highest BCUT2D eigenvalue weighted by Gasteiger charge is 2.20. The Kier molecular flexibility index (Phi) is 4.28. The van der Waals surface area contributed by atoms with Crippen LogP contribution in [0.2, 0.25) is 0 Å². The predicted molar refractivity (Wildman–Crippen MR) is 109 cm³/mol. The van der Waals surface area contributed by atoms with Crippen molar-refractivity contribution in [3.05, 3.63) is 83.6 Å². The van der Waals surface area contributed by atoms with Gasteiger partial charge in [-0.3, -0.25) is 0 Å². The molecule has 5 heteroatoms. The van der Waals surface area contributed by atoms with Crippen molar-refractivity contribution in [2.75, 3.05) is 0 Å². The van der Waals surface area contributed by atoms with Gasteiger partial charge in [0, 0.05) is 18.1 Å². The Balaban J connectivity index is 1.28. The van der Waals surface area contributed by atoms with E-state index in [1.165, 1.54) is 0 Å². The smallest absolute Gasteiger partial charge is 0.338 e. The summed E-state index contributed by atoms with van der Waals surface area (Å²) in [5.74, 6) is 1.18. The number of nitrogens with zero attached hydrogens (tertiary/aromatic N) is 1. The summed E-state index contributed by atoms with van der Waals surface area (Å²) in [6.07, 6.45) is 1.08. The molecule has 4 aromatic rings. The summed E-state index contributed by atoms with van der Waals surface area (Å²) in [5, 5.41) is 6.12. The number of hydrogen-bond acceptors (Lipinski definition) is 5. The van der Waals surface area contributed by atoms with Crippen LogP contribution in [0.5, 0.6) is 5.75 Å². The van der Waals surface area contributed by atoms with Crippen molar-refractivity contribution in [3.8, 4) is 17.1 Å². The Morgan fingerprint density at radius 3 is 2.83 bits per heavy atom. The van der Waals surface area contributed by atoms with Gasteiger partial charge in [-0.2, -0.15) is 0 Å². The average Bonchev–Trinajstić information content (AvgIpc) is 3.36. The highest BCUT2D eigenvalue weighted by Crippen LogP contribution is 2.33. The second kappa shape index (κ2) is 7.09. The van der Waals surface area contributed by atoms with Gasteiger partial charge < -0.3 is 14.0 Å². The van der Waals surface area contributed by atoms with Gasteiger partial charge in [0.2, 0.25) is 0 Å². The molecule has 144 valence electrons. The van der Waals surface area contributed by atoms with Gasteiger partial charge in [0.05, 0.1) is 5.56 Å². The van der Waals surface area contributed by atoms with Crippen LogP contribution >= 0.6 is 0 Å². The van der Waals surface area contributed by atoms with E-state index in [4.69, 9.17) is 14.0 Å². The Labute approximate surface area is 167 Å². The van der Waals surface area contributed by atoms with Gasteiger partial charge >= 0.3 is 5.97 Å². The first-order valence-electron chi connectivity index (χ1n) is 9.57. The van der Waals surface area contributed by atoms with Crippen LogP contribution in [0, 0.1) is 0 Å². The monoisotopic (exact) mass is 385 g/mol. The minimum Gasteiger partial charge on any atom is -0.490 e. The van der Waals surface area contributed by atoms with Crippen molar-refractivity contribution < 1.29 is 18.8 Å². The number of carbonyl (C=O) groups is 1. The Bertz CT molecular complexity index is 1210. The van der Waals surface area contributed by atoms with Crippen LogP contribution in [0.3, 0.4) is 0 Å². The van der Waals surface area contributed by atoms with Crippen molar-refractivity contribution in [2.24, 2.45) is 0 Å². The number of carbonyl (C=O) groups excluding carboxylic acids is 1. The van der Waals surface area contributed by atoms with Crippen LogP contribution in [-0.2, 0) is 17.8 Å². The molecule has 1 aromatic heterocycles. The zero-order chi connectivity index (χ0) is 19.8. The van der Waals surface area contributed by atoms with Crippen molar-refractivity contribution in [2.45, 2.75) is 26.1 Å². The largest absolute Gasteiger partial charge is 0.490 e. The first-order chi connectivity index (χ1) is 14.2. The van der Waals surface area contributed by atoms with Crippen LogP contribution in [0.15, 0.2) is 71.3 Å². The molecule has 0 amide bonds. The molecule has 5 nitrogen and oxygen atoms in total. The third-order valence-electron chi connectivity index (χ3n) is 5.08. The van der Waals surface area contributed by atoms with E-state index in [0.29, 0.717) is 17.0 Å². The van der Waals surface area contributed by atoms with Crippen LogP contribution in [0.1, 0.15) is 28.5 Å². The fourth-order valence-electron chi connectivity index (χ4n) is 3.63. The summed E-state index contributed by atoms with van der Waals surface area (Å²) in [6.45, 7) is 2.11. The summed E-state index contributed by atoms with van der Waals surface area (Å²) < 4.78 is 16.6. The Hall–Kier alpha value is -3.60. The number of ether oxygens (including phenoxy) is 2. The molecule has 0 saturated heterocycles. The average molecular weight is 385 g/mol. The quantitative estimate of drug-likeness (QED) is 0.453. The van der Waals surface area contributed by atoms with Crippen LogP contribution in [-0.4, -0.2) is 17.2 Å². The topological polar surface area (TPSA) is 61.6 Å². The highest BCUT2D eigenvalue weighted by molar-refractivity contribution is 5.95. The molecular weight excluding hydrogens is 366 g/mol. The summed E-state index contributed by atoms with van der Waals surface area (Å²) in [4.78, 5) is 12.4. The molecule has 0 saturated carbocycles. The molecule has 0 N–H and O–H groups in total. The zero-order valence-electron chi connectivity index (χ0n) is 15.9. The maximum atomic E-state index is 12.4. The number of hydrogen-bond donors (Lipinski definition) is 0. The van der Waals surface area contributed by atoms with E-state index in [1.807, 2.05) is 48.5 Å². The molecule has 3 aromatic carbocycles. The van der Waals surface area contributed by atoms with E-state index in [2.05, 4.69) is 18.1 Å². The van der Waals surface area contributed by atoms with Crippen LogP contribution < -0.4 is 4.74 Å². The maximum Gasteiger partial charge on any atom is 0.338 e. The van der Waals surface area contributed by atoms with E-state index in [0.717, 1.165) is 34.1 Å². The van der Waals surface area contributed by atoms with Gasteiger partial charge in [0.1, 0.15) is 24.2 Å². The second-order valence-corrected chi connectivity index (χ2v) is 7.28. The molecule has 1 atom stereocenters. The maximum absolute atomic E-state index is 12.4. The molecule has 0 aliphatic carbocycles. The normalized spacial score (nSPS) is 15.1. The standard InChI is InChI=1S/C24H19NO4/c1-15-10-20-12-18(8-9-22(20)28-15)23-13-21(25-29-23)14-27-24(26)19-7-6-16-4-2-3-5-17(16)11-19/h2-9,11-13,15H,10,14H2,1H3. The molecule has 2 heterocycles. The molecule has 0 spiro atoms. The minimum absolute atomic E-state index is 0.0558. The van der Waals surface area contributed by atoms with E-state index in [-0.39, 0.29) is 18.7 Å². The van der Waals surface area contributed by atoms with Gasteiger partial charge in [-0.15, -0.1) is 0 Å². The lowest BCUT2D eigenvalue weighted by molar-refractivity contribution is 0.0464. The molecule has 29 heavy (non-hydrogen) atoms. The number of fused-ring (bicyclic) bond motifs is 2. The van der Waals surface area contributed by atoms with E-state index >= 15 is 0 Å². The Morgan fingerprint density at radius 2 is 1.93 bits per heavy atom. The van der Waals surface area contributed by atoms with E-state index in [1.54, 1.807) is 12.1 Å². The van der Waals surface area contributed by atoms with Gasteiger partial charge in [-0.1, -0.05) is 35.5 Å². The van der Waals surface area contributed by atoms with E-state index in [9.17, 15) is 4.79 Å². The molecule has 0 radical (unpaired) electrons. The molecular formula is C24H19NO4. The van der Waals surface area contributed by atoms with Crippen LogP contribution in [0.4, 0.5) is 0 Å². The summed E-state index contributed by atoms with van der Waals surface area (Å²) in [5.41, 5.74) is 3.18. The van der Waals surface area contributed by atoms with E-state index < -0.39 is 0 Å². The lowest BCUT2D eigenvalue weighted by Crippen LogP contribution is -2.05. The third kappa shape index (κ3) is 3.47. The lowest BCUT2D eigenvalue weighted by atomic mass is 10.1. The molecule has 1 aliphatic rings. The van der Waals surface area contributed by atoms with Crippen molar-refractivity contribution in [1.29, 1.82) is 0 Å². The minimum atomic E-state index is -0.385. The second-order valence-electron chi connectivity index (χ2n) is 7.28. The van der Waals surface area contributed by atoms with Gasteiger partial charge in [-0.25, -0.2) is 4.79 Å². The van der Waals surface area contributed by atoms with Gasteiger partial charge in [-0.05, 0) is 53.6 Å².